The molecule has 23 heavy (non-hydrogen) atoms. The fourth-order valence-electron chi connectivity index (χ4n) is 3.16. The Morgan fingerprint density at radius 2 is 2.04 bits per heavy atom. The van der Waals surface area contributed by atoms with E-state index >= 15 is 0 Å². The Morgan fingerprint density at radius 1 is 1.26 bits per heavy atom. The van der Waals surface area contributed by atoms with Gasteiger partial charge in [0.05, 0.1) is 7.11 Å². The van der Waals surface area contributed by atoms with Crippen molar-refractivity contribution in [2.45, 2.75) is 45.4 Å². The van der Waals surface area contributed by atoms with Gasteiger partial charge >= 0.3 is 0 Å². The lowest BCUT2D eigenvalue weighted by Gasteiger charge is -2.26. The maximum atomic E-state index is 11.9. The fraction of sp³-hybridized carbons (Fsp3) is 0.632. The van der Waals surface area contributed by atoms with Crippen LogP contribution in [0.3, 0.4) is 0 Å². The van der Waals surface area contributed by atoms with Crippen LogP contribution in [-0.2, 0) is 11.2 Å². The summed E-state index contributed by atoms with van der Waals surface area (Å²) in [5, 5.41) is 3.04. The number of ether oxygens (including phenoxy) is 1. The van der Waals surface area contributed by atoms with Crippen LogP contribution in [0.4, 0.5) is 0 Å². The van der Waals surface area contributed by atoms with Gasteiger partial charge in [-0.15, -0.1) is 0 Å². The lowest BCUT2D eigenvalue weighted by atomic mass is 10.1. The average Bonchev–Trinajstić information content (AvgIpc) is 2.58. The molecule has 2 rings (SSSR count). The number of hydrogen-bond donors (Lipinski definition) is 1. The van der Waals surface area contributed by atoms with Gasteiger partial charge in [0.1, 0.15) is 5.75 Å². The molecule has 1 heterocycles. The molecule has 0 aromatic heterocycles. The molecule has 1 saturated heterocycles. The number of rotatable bonds is 8. The Balaban J connectivity index is 1.60. The number of aryl methyl sites for hydroxylation is 2. The zero-order valence-corrected chi connectivity index (χ0v) is 14.6. The number of benzene rings is 1. The third-order valence-electron chi connectivity index (χ3n) is 4.52. The van der Waals surface area contributed by atoms with Crippen molar-refractivity contribution < 1.29 is 9.53 Å². The Labute approximate surface area is 140 Å². The molecule has 0 radical (unpaired) electrons. The van der Waals surface area contributed by atoms with Gasteiger partial charge in [-0.25, -0.2) is 0 Å². The van der Waals surface area contributed by atoms with Crippen LogP contribution in [0.15, 0.2) is 18.2 Å². The second-order valence-corrected chi connectivity index (χ2v) is 6.41. The van der Waals surface area contributed by atoms with E-state index < -0.39 is 0 Å². The minimum Gasteiger partial charge on any atom is -0.496 e. The Kier molecular flexibility index (Phi) is 7.40. The molecule has 1 aliphatic rings. The third kappa shape index (κ3) is 6.22. The molecule has 4 nitrogen and oxygen atoms in total. The van der Waals surface area contributed by atoms with Crippen LogP contribution in [0, 0.1) is 6.92 Å². The molecule has 4 heteroatoms. The fourth-order valence-corrected chi connectivity index (χ4v) is 3.16. The first kappa shape index (κ1) is 17.8. The average molecular weight is 318 g/mol. The number of likely N-dealkylation sites (tertiary alicyclic amines) is 1. The van der Waals surface area contributed by atoms with Gasteiger partial charge in [-0.2, -0.15) is 0 Å². The molecule has 128 valence electrons. The smallest absolute Gasteiger partial charge is 0.220 e. The predicted molar refractivity (Wildman–Crippen MR) is 94.0 cm³/mol. The molecule has 1 N–H and O–H groups in total. The second kappa shape index (κ2) is 9.56. The normalized spacial score (nSPS) is 15.4. The predicted octanol–water partition coefficient (Wildman–Crippen LogP) is 2.93. The van der Waals surface area contributed by atoms with E-state index in [4.69, 9.17) is 4.74 Å². The number of carbonyl (C=O) groups is 1. The van der Waals surface area contributed by atoms with Crippen LogP contribution >= 0.6 is 0 Å². The highest BCUT2D eigenvalue weighted by molar-refractivity contribution is 5.76. The van der Waals surface area contributed by atoms with Crippen molar-refractivity contribution in [3.8, 4) is 5.75 Å². The molecule has 1 aliphatic heterocycles. The SMILES string of the molecule is COc1ccc(CCC(=O)NCCCN2CCCCC2)cc1C. The topological polar surface area (TPSA) is 41.6 Å². The second-order valence-electron chi connectivity index (χ2n) is 6.41. The van der Waals surface area contributed by atoms with Gasteiger partial charge in [0.25, 0.3) is 0 Å². The Hall–Kier alpha value is -1.55. The van der Waals surface area contributed by atoms with Gasteiger partial charge in [-0.05, 0) is 69.4 Å². The van der Waals surface area contributed by atoms with Gasteiger partial charge in [0.15, 0.2) is 0 Å². The first-order chi connectivity index (χ1) is 11.2. The largest absolute Gasteiger partial charge is 0.496 e. The van der Waals surface area contributed by atoms with E-state index in [1.807, 2.05) is 19.1 Å². The lowest BCUT2D eigenvalue weighted by molar-refractivity contribution is -0.121. The number of carbonyl (C=O) groups excluding carboxylic acids is 1. The van der Waals surface area contributed by atoms with Crippen molar-refractivity contribution in [1.29, 1.82) is 0 Å². The standard InChI is InChI=1S/C19H30N2O2/c1-16-15-17(7-9-18(16)23-2)8-10-19(22)20-11-6-14-21-12-4-3-5-13-21/h7,9,15H,3-6,8,10-14H2,1-2H3,(H,20,22). The third-order valence-corrected chi connectivity index (χ3v) is 4.52. The molecule has 0 atom stereocenters. The quantitative estimate of drug-likeness (QED) is 0.749. The first-order valence-electron chi connectivity index (χ1n) is 8.81. The molecule has 1 aromatic carbocycles. The Bertz CT molecular complexity index is 496. The highest BCUT2D eigenvalue weighted by atomic mass is 16.5. The van der Waals surface area contributed by atoms with Crippen LogP contribution < -0.4 is 10.1 Å². The van der Waals surface area contributed by atoms with E-state index in [0.717, 1.165) is 37.2 Å². The number of nitrogens with one attached hydrogen (secondary N) is 1. The van der Waals surface area contributed by atoms with E-state index in [0.29, 0.717) is 6.42 Å². The molecule has 1 amide bonds. The van der Waals surface area contributed by atoms with Gasteiger partial charge < -0.3 is 15.0 Å². The van der Waals surface area contributed by atoms with Crippen LogP contribution in [-0.4, -0.2) is 44.1 Å². The summed E-state index contributed by atoms with van der Waals surface area (Å²) < 4.78 is 5.26. The summed E-state index contributed by atoms with van der Waals surface area (Å²) in [6.45, 7) is 6.38. The molecular weight excluding hydrogens is 288 g/mol. The van der Waals surface area contributed by atoms with E-state index in [-0.39, 0.29) is 5.91 Å². The maximum absolute atomic E-state index is 11.9. The van der Waals surface area contributed by atoms with Crippen LogP contribution in [0.5, 0.6) is 5.75 Å². The van der Waals surface area contributed by atoms with E-state index in [9.17, 15) is 4.79 Å². The van der Waals surface area contributed by atoms with Gasteiger partial charge in [-0.1, -0.05) is 18.6 Å². The molecule has 0 bridgehead atoms. The maximum Gasteiger partial charge on any atom is 0.220 e. The van der Waals surface area contributed by atoms with Crippen molar-refractivity contribution in [2.24, 2.45) is 0 Å². The summed E-state index contributed by atoms with van der Waals surface area (Å²) in [6, 6.07) is 6.11. The van der Waals surface area contributed by atoms with Crippen molar-refractivity contribution >= 4 is 5.91 Å². The number of hydrogen-bond acceptors (Lipinski definition) is 3. The van der Waals surface area contributed by atoms with Crippen LogP contribution in [0.1, 0.15) is 43.2 Å². The van der Waals surface area contributed by atoms with Gasteiger partial charge in [0.2, 0.25) is 5.91 Å². The first-order valence-corrected chi connectivity index (χ1v) is 8.81. The summed E-state index contributed by atoms with van der Waals surface area (Å²) in [5.74, 6) is 1.05. The van der Waals surface area contributed by atoms with Crippen molar-refractivity contribution in [3.63, 3.8) is 0 Å². The highest BCUT2D eigenvalue weighted by Gasteiger charge is 2.09. The summed E-state index contributed by atoms with van der Waals surface area (Å²) in [4.78, 5) is 14.4. The van der Waals surface area contributed by atoms with Gasteiger partial charge in [-0.3, -0.25) is 4.79 Å². The molecule has 0 unspecified atom stereocenters. The Morgan fingerprint density at radius 3 is 2.74 bits per heavy atom. The highest BCUT2D eigenvalue weighted by Crippen LogP contribution is 2.19. The van der Waals surface area contributed by atoms with E-state index in [2.05, 4.69) is 16.3 Å². The number of piperidine rings is 1. The van der Waals surface area contributed by atoms with Crippen LogP contribution in [0.25, 0.3) is 0 Å². The van der Waals surface area contributed by atoms with Crippen LogP contribution in [0.2, 0.25) is 0 Å². The lowest BCUT2D eigenvalue weighted by Crippen LogP contribution is -2.33. The summed E-state index contributed by atoms with van der Waals surface area (Å²) >= 11 is 0. The monoisotopic (exact) mass is 318 g/mol. The number of amides is 1. The van der Waals surface area contributed by atoms with Crippen molar-refractivity contribution in [1.82, 2.24) is 10.2 Å². The van der Waals surface area contributed by atoms with Crippen molar-refractivity contribution in [2.75, 3.05) is 33.3 Å². The zero-order valence-electron chi connectivity index (χ0n) is 14.6. The van der Waals surface area contributed by atoms with Crippen molar-refractivity contribution in [3.05, 3.63) is 29.3 Å². The minimum absolute atomic E-state index is 0.150. The van der Waals surface area contributed by atoms with E-state index in [1.54, 1.807) is 7.11 Å². The summed E-state index contributed by atoms with van der Waals surface area (Å²) in [6.07, 6.45) is 6.41. The molecule has 0 aliphatic carbocycles. The number of nitrogens with zero attached hydrogens (tertiary/aromatic N) is 1. The molecule has 0 saturated carbocycles. The summed E-state index contributed by atoms with van der Waals surface area (Å²) in [5.41, 5.74) is 2.30. The molecule has 0 spiro atoms. The molecule has 1 aromatic rings. The zero-order chi connectivity index (χ0) is 16.5. The number of methoxy groups -OCH3 is 1. The molecule has 1 fully saturated rings. The van der Waals surface area contributed by atoms with Gasteiger partial charge in [0, 0.05) is 13.0 Å². The minimum atomic E-state index is 0.150. The molecular formula is C19H30N2O2. The van der Waals surface area contributed by atoms with E-state index in [1.165, 1.54) is 37.9 Å². The summed E-state index contributed by atoms with van der Waals surface area (Å²) in [7, 11) is 1.68.